The fourth-order valence-corrected chi connectivity index (χ4v) is 1.27. The van der Waals surface area contributed by atoms with E-state index in [-0.39, 0.29) is 0 Å². The lowest BCUT2D eigenvalue weighted by atomic mass is 10.1. The van der Waals surface area contributed by atoms with Gasteiger partial charge in [0, 0.05) is 6.42 Å². The van der Waals surface area contributed by atoms with E-state index in [2.05, 4.69) is 39.0 Å². The van der Waals surface area contributed by atoms with Gasteiger partial charge in [-0.1, -0.05) is 46.2 Å². The topological polar surface area (TPSA) is 9.23 Å². The monoisotopic (exact) mass is 208 g/mol. The lowest BCUT2D eigenvalue weighted by Crippen LogP contribution is -1.86. The Morgan fingerprint density at radius 2 is 1.80 bits per heavy atom. The Kier molecular flexibility index (Phi) is 7.79. The molecule has 86 valence electrons. The van der Waals surface area contributed by atoms with Crippen LogP contribution in [-0.4, -0.2) is 6.61 Å². The number of hydrogen-bond donors (Lipinski definition) is 0. The van der Waals surface area contributed by atoms with Gasteiger partial charge in [-0.2, -0.15) is 0 Å². The molecule has 1 nitrogen and oxygen atoms in total. The van der Waals surface area contributed by atoms with Gasteiger partial charge in [-0.3, -0.25) is 0 Å². The van der Waals surface area contributed by atoms with Crippen molar-refractivity contribution in [3.8, 4) is 5.75 Å². The summed E-state index contributed by atoms with van der Waals surface area (Å²) in [5, 5.41) is 0. The van der Waals surface area contributed by atoms with Crippen molar-refractivity contribution in [2.24, 2.45) is 0 Å². The number of rotatable bonds is 0. The van der Waals surface area contributed by atoms with Crippen LogP contribution in [0.1, 0.15) is 45.2 Å². The standard InChI is InChI=1S/C9H10O.C3H8.C2H6/c1-7-2-3-8-4-5-10-9(8)6-7;1-3-2;1-2/h2-3,6H,4-5H2,1H3;3H2,1-2H3;1-2H3. The summed E-state index contributed by atoms with van der Waals surface area (Å²) in [7, 11) is 0. The van der Waals surface area contributed by atoms with Crippen LogP contribution in [0.25, 0.3) is 0 Å². The maximum atomic E-state index is 5.38. The molecule has 2 rings (SSSR count). The Morgan fingerprint density at radius 3 is 2.40 bits per heavy atom. The minimum atomic E-state index is 0.860. The molecule has 0 N–H and O–H groups in total. The minimum absolute atomic E-state index is 0.860. The van der Waals surface area contributed by atoms with Gasteiger partial charge in [0.1, 0.15) is 5.75 Å². The fraction of sp³-hybridized carbons (Fsp3) is 0.571. The molecule has 0 atom stereocenters. The van der Waals surface area contributed by atoms with Crippen LogP contribution in [0.3, 0.4) is 0 Å². The zero-order chi connectivity index (χ0) is 11.7. The van der Waals surface area contributed by atoms with E-state index in [0.29, 0.717) is 0 Å². The normalized spacial score (nSPS) is 11.3. The second-order valence-corrected chi connectivity index (χ2v) is 3.42. The molecular formula is C14H24O. The second-order valence-electron chi connectivity index (χ2n) is 3.42. The van der Waals surface area contributed by atoms with Gasteiger partial charge < -0.3 is 4.74 Å². The molecule has 1 aromatic rings. The van der Waals surface area contributed by atoms with Crippen LogP contribution in [0.5, 0.6) is 5.75 Å². The molecule has 15 heavy (non-hydrogen) atoms. The molecule has 0 saturated heterocycles. The first kappa shape index (κ1) is 14.0. The predicted molar refractivity (Wildman–Crippen MR) is 67.7 cm³/mol. The molecule has 1 aromatic carbocycles. The van der Waals surface area contributed by atoms with Crippen molar-refractivity contribution in [3.63, 3.8) is 0 Å². The average molecular weight is 208 g/mol. The molecule has 0 radical (unpaired) electrons. The van der Waals surface area contributed by atoms with Crippen molar-refractivity contribution in [3.05, 3.63) is 29.3 Å². The van der Waals surface area contributed by atoms with Crippen LogP contribution in [0.4, 0.5) is 0 Å². The van der Waals surface area contributed by atoms with Crippen molar-refractivity contribution in [1.29, 1.82) is 0 Å². The zero-order valence-electron chi connectivity index (χ0n) is 10.8. The third kappa shape index (κ3) is 4.87. The van der Waals surface area contributed by atoms with E-state index in [9.17, 15) is 0 Å². The molecule has 0 saturated carbocycles. The summed E-state index contributed by atoms with van der Waals surface area (Å²) in [6.07, 6.45) is 2.33. The largest absolute Gasteiger partial charge is 0.493 e. The molecule has 0 fully saturated rings. The van der Waals surface area contributed by atoms with Crippen LogP contribution < -0.4 is 4.74 Å². The van der Waals surface area contributed by atoms with Gasteiger partial charge in [0.05, 0.1) is 6.61 Å². The fourth-order valence-electron chi connectivity index (χ4n) is 1.27. The summed E-state index contributed by atoms with van der Waals surface area (Å²) < 4.78 is 5.38. The molecule has 0 aromatic heterocycles. The van der Waals surface area contributed by atoms with Crippen molar-refractivity contribution >= 4 is 0 Å². The number of ether oxygens (including phenoxy) is 1. The molecule has 1 aliphatic rings. The van der Waals surface area contributed by atoms with Crippen LogP contribution in [0, 0.1) is 6.92 Å². The van der Waals surface area contributed by atoms with E-state index in [1.54, 1.807) is 0 Å². The number of hydrogen-bond acceptors (Lipinski definition) is 1. The molecule has 0 spiro atoms. The molecule has 1 aliphatic heterocycles. The Morgan fingerprint density at radius 1 is 1.20 bits per heavy atom. The van der Waals surface area contributed by atoms with Gasteiger partial charge in [-0.15, -0.1) is 0 Å². The van der Waals surface area contributed by atoms with E-state index in [0.717, 1.165) is 18.8 Å². The Bertz CT molecular complexity index is 266. The van der Waals surface area contributed by atoms with Crippen molar-refractivity contribution in [2.75, 3.05) is 6.61 Å². The van der Waals surface area contributed by atoms with E-state index in [1.807, 2.05) is 13.8 Å². The minimum Gasteiger partial charge on any atom is -0.493 e. The SMILES string of the molecule is CC.CCC.Cc1ccc2c(c1)OCC2. The van der Waals surface area contributed by atoms with E-state index < -0.39 is 0 Å². The van der Waals surface area contributed by atoms with Crippen LogP contribution in [0.15, 0.2) is 18.2 Å². The zero-order valence-corrected chi connectivity index (χ0v) is 10.8. The second kappa shape index (κ2) is 8.34. The predicted octanol–water partition coefficient (Wildman–Crippen LogP) is 4.37. The summed E-state index contributed by atoms with van der Waals surface area (Å²) in [6.45, 7) is 11.2. The summed E-state index contributed by atoms with van der Waals surface area (Å²) in [5.74, 6) is 1.08. The van der Waals surface area contributed by atoms with Gasteiger partial charge >= 0.3 is 0 Å². The molecule has 0 bridgehead atoms. The third-order valence-corrected chi connectivity index (χ3v) is 1.85. The Labute approximate surface area is 94.5 Å². The molecule has 1 heteroatoms. The lowest BCUT2D eigenvalue weighted by Gasteiger charge is -1.97. The molecule has 0 unspecified atom stereocenters. The van der Waals surface area contributed by atoms with E-state index >= 15 is 0 Å². The Balaban J connectivity index is 0.000000342. The third-order valence-electron chi connectivity index (χ3n) is 1.85. The maximum absolute atomic E-state index is 5.38. The highest BCUT2D eigenvalue weighted by atomic mass is 16.5. The molecule has 1 heterocycles. The number of benzene rings is 1. The van der Waals surface area contributed by atoms with Gasteiger partial charge in [-0.25, -0.2) is 0 Å². The van der Waals surface area contributed by atoms with Crippen molar-refractivity contribution in [2.45, 2.75) is 47.5 Å². The Hall–Kier alpha value is -0.980. The van der Waals surface area contributed by atoms with E-state index in [1.165, 1.54) is 17.5 Å². The molecular weight excluding hydrogens is 184 g/mol. The summed E-state index contributed by atoms with van der Waals surface area (Å²) in [5.41, 5.74) is 2.63. The first-order valence-electron chi connectivity index (χ1n) is 6.00. The van der Waals surface area contributed by atoms with Gasteiger partial charge in [0.2, 0.25) is 0 Å². The van der Waals surface area contributed by atoms with Crippen LogP contribution in [0.2, 0.25) is 0 Å². The lowest BCUT2D eigenvalue weighted by molar-refractivity contribution is 0.356. The highest BCUT2D eigenvalue weighted by molar-refractivity contribution is 5.39. The van der Waals surface area contributed by atoms with Crippen LogP contribution >= 0.6 is 0 Å². The average Bonchev–Trinajstić information content (AvgIpc) is 2.69. The highest BCUT2D eigenvalue weighted by Gasteiger charge is 2.09. The first-order chi connectivity index (χ1) is 7.27. The van der Waals surface area contributed by atoms with Gasteiger partial charge in [-0.05, 0) is 24.1 Å². The van der Waals surface area contributed by atoms with Crippen LogP contribution in [-0.2, 0) is 6.42 Å². The number of aryl methyl sites for hydroxylation is 1. The summed E-state index contributed by atoms with van der Waals surface area (Å²) >= 11 is 0. The van der Waals surface area contributed by atoms with Gasteiger partial charge in [0.25, 0.3) is 0 Å². The maximum Gasteiger partial charge on any atom is 0.122 e. The smallest absolute Gasteiger partial charge is 0.122 e. The highest BCUT2D eigenvalue weighted by Crippen LogP contribution is 2.25. The summed E-state index contributed by atoms with van der Waals surface area (Å²) in [4.78, 5) is 0. The first-order valence-corrected chi connectivity index (χ1v) is 6.00. The molecule has 0 amide bonds. The quantitative estimate of drug-likeness (QED) is 0.615. The summed E-state index contributed by atoms with van der Waals surface area (Å²) in [6, 6.07) is 6.38. The van der Waals surface area contributed by atoms with E-state index in [4.69, 9.17) is 4.74 Å². The molecule has 0 aliphatic carbocycles. The van der Waals surface area contributed by atoms with Crippen molar-refractivity contribution in [1.82, 2.24) is 0 Å². The van der Waals surface area contributed by atoms with Crippen molar-refractivity contribution < 1.29 is 4.74 Å². The number of fused-ring (bicyclic) bond motifs is 1. The van der Waals surface area contributed by atoms with Gasteiger partial charge in [0.15, 0.2) is 0 Å².